The Kier molecular flexibility index (Phi) is 4.53. The summed E-state index contributed by atoms with van der Waals surface area (Å²) in [6.07, 6.45) is 2.25. The van der Waals surface area contributed by atoms with Gasteiger partial charge in [0.1, 0.15) is 11.6 Å². The molecule has 5 nitrogen and oxygen atoms in total. The van der Waals surface area contributed by atoms with E-state index >= 15 is 0 Å². The summed E-state index contributed by atoms with van der Waals surface area (Å²) in [4.78, 5) is 20.6. The van der Waals surface area contributed by atoms with Gasteiger partial charge in [0.2, 0.25) is 0 Å². The van der Waals surface area contributed by atoms with Crippen LogP contribution in [-0.2, 0) is 6.42 Å². The van der Waals surface area contributed by atoms with Crippen molar-refractivity contribution in [1.29, 1.82) is 0 Å². The quantitative estimate of drug-likeness (QED) is 0.908. The maximum Gasteiger partial charge on any atom is 0.257 e. The van der Waals surface area contributed by atoms with Gasteiger partial charge in [0.05, 0.1) is 5.02 Å². The molecule has 0 aliphatic rings. The van der Waals surface area contributed by atoms with E-state index in [9.17, 15) is 4.79 Å². The number of halogens is 1. The van der Waals surface area contributed by atoms with Gasteiger partial charge < -0.3 is 10.6 Å². The van der Waals surface area contributed by atoms with E-state index in [0.717, 1.165) is 12.1 Å². The zero-order valence-corrected chi connectivity index (χ0v) is 12.0. The molecule has 20 heavy (non-hydrogen) atoms. The molecule has 104 valence electrons. The number of hydrogen-bond donors (Lipinski definition) is 2. The van der Waals surface area contributed by atoms with Crippen LogP contribution in [0.3, 0.4) is 0 Å². The van der Waals surface area contributed by atoms with Gasteiger partial charge in [-0.05, 0) is 30.7 Å². The number of aromatic nitrogens is 2. The van der Waals surface area contributed by atoms with E-state index in [1.165, 1.54) is 6.20 Å². The number of nitrogens with zero attached hydrogens (tertiary/aromatic N) is 2. The number of carbonyl (C=O) groups is 1. The van der Waals surface area contributed by atoms with Crippen LogP contribution in [0.4, 0.5) is 11.6 Å². The van der Waals surface area contributed by atoms with Crippen molar-refractivity contribution in [2.75, 3.05) is 17.7 Å². The van der Waals surface area contributed by atoms with Gasteiger partial charge in [-0.15, -0.1) is 0 Å². The molecular weight excluding hydrogens is 276 g/mol. The molecule has 2 rings (SSSR count). The molecule has 0 aliphatic carbocycles. The second kappa shape index (κ2) is 6.34. The standard InChI is InChI=1S/C14H15ClN4O/c1-3-11-6-9(7-13(16-2)18-11)14(20)19-12-5-4-10(15)8-17-12/h4-8H,3H2,1-2H3,(H,16,18)(H,17,19,20). The number of amides is 1. The van der Waals surface area contributed by atoms with Gasteiger partial charge in [-0.3, -0.25) is 4.79 Å². The summed E-state index contributed by atoms with van der Waals surface area (Å²) in [7, 11) is 1.77. The second-order valence-corrected chi connectivity index (χ2v) is 4.59. The maximum absolute atomic E-state index is 12.2. The van der Waals surface area contributed by atoms with E-state index in [0.29, 0.717) is 22.2 Å². The van der Waals surface area contributed by atoms with Crippen molar-refractivity contribution in [3.05, 3.63) is 46.7 Å². The smallest absolute Gasteiger partial charge is 0.257 e. The minimum atomic E-state index is -0.228. The number of anilines is 2. The largest absolute Gasteiger partial charge is 0.373 e. The number of pyridine rings is 2. The number of aryl methyl sites for hydroxylation is 1. The van der Waals surface area contributed by atoms with Crippen molar-refractivity contribution >= 4 is 29.1 Å². The minimum absolute atomic E-state index is 0.228. The van der Waals surface area contributed by atoms with Crippen LogP contribution in [0.25, 0.3) is 0 Å². The lowest BCUT2D eigenvalue weighted by molar-refractivity contribution is 0.102. The summed E-state index contributed by atoms with van der Waals surface area (Å²) < 4.78 is 0. The molecule has 0 unspecified atom stereocenters. The average molecular weight is 291 g/mol. The highest BCUT2D eigenvalue weighted by Gasteiger charge is 2.10. The van der Waals surface area contributed by atoms with Crippen LogP contribution in [0, 0.1) is 0 Å². The number of nitrogens with one attached hydrogen (secondary N) is 2. The van der Waals surface area contributed by atoms with E-state index < -0.39 is 0 Å². The Morgan fingerprint density at radius 2 is 2.10 bits per heavy atom. The van der Waals surface area contributed by atoms with Crippen molar-refractivity contribution in [3.63, 3.8) is 0 Å². The lowest BCUT2D eigenvalue weighted by Crippen LogP contribution is -2.14. The predicted molar refractivity (Wildman–Crippen MR) is 80.4 cm³/mol. The fraction of sp³-hybridized carbons (Fsp3) is 0.214. The van der Waals surface area contributed by atoms with Crippen LogP contribution in [0.2, 0.25) is 5.02 Å². The van der Waals surface area contributed by atoms with Crippen LogP contribution in [-0.4, -0.2) is 22.9 Å². The summed E-state index contributed by atoms with van der Waals surface area (Å²) in [5.41, 5.74) is 1.39. The Bertz CT molecular complexity index is 591. The molecule has 2 heterocycles. The molecule has 0 aliphatic heterocycles. The molecule has 2 aromatic rings. The molecule has 0 bridgehead atoms. The zero-order chi connectivity index (χ0) is 14.5. The Hall–Kier alpha value is -2.14. The van der Waals surface area contributed by atoms with Gasteiger partial charge in [-0.25, -0.2) is 9.97 Å². The predicted octanol–water partition coefficient (Wildman–Crippen LogP) is 2.99. The van der Waals surface area contributed by atoms with Crippen molar-refractivity contribution in [2.24, 2.45) is 0 Å². The van der Waals surface area contributed by atoms with Gasteiger partial charge >= 0.3 is 0 Å². The van der Waals surface area contributed by atoms with E-state index in [4.69, 9.17) is 11.6 Å². The topological polar surface area (TPSA) is 66.9 Å². The first-order valence-corrected chi connectivity index (χ1v) is 6.61. The molecule has 0 atom stereocenters. The molecule has 0 aromatic carbocycles. The molecule has 6 heteroatoms. The fourth-order valence-electron chi connectivity index (χ4n) is 1.67. The first kappa shape index (κ1) is 14.3. The molecule has 1 amide bonds. The highest BCUT2D eigenvalue weighted by molar-refractivity contribution is 6.30. The molecule has 0 radical (unpaired) electrons. The lowest BCUT2D eigenvalue weighted by Gasteiger charge is -2.08. The third-order valence-electron chi connectivity index (χ3n) is 2.73. The monoisotopic (exact) mass is 290 g/mol. The highest BCUT2D eigenvalue weighted by atomic mass is 35.5. The Balaban J connectivity index is 2.22. The van der Waals surface area contributed by atoms with E-state index in [1.54, 1.807) is 31.3 Å². The van der Waals surface area contributed by atoms with Crippen LogP contribution in [0.1, 0.15) is 23.0 Å². The Morgan fingerprint density at radius 1 is 1.30 bits per heavy atom. The van der Waals surface area contributed by atoms with Gasteiger partial charge in [-0.2, -0.15) is 0 Å². The Morgan fingerprint density at radius 3 is 2.70 bits per heavy atom. The third kappa shape index (κ3) is 3.45. The molecule has 0 spiro atoms. The number of rotatable bonds is 4. The Labute approximate surface area is 122 Å². The van der Waals surface area contributed by atoms with Crippen molar-refractivity contribution < 1.29 is 4.79 Å². The van der Waals surface area contributed by atoms with Crippen molar-refractivity contribution in [1.82, 2.24) is 9.97 Å². The molecule has 0 saturated heterocycles. The summed E-state index contributed by atoms with van der Waals surface area (Å²) in [6.45, 7) is 1.99. The average Bonchev–Trinajstić information content (AvgIpc) is 2.48. The van der Waals surface area contributed by atoms with Crippen LogP contribution >= 0.6 is 11.6 Å². The third-order valence-corrected chi connectivity index (χ3v) is 2.95. The normalized spacial score (nSPS) is 10.2. The van der Waals surface area contributed by atoms with Crippen LogP contribution in [0.15, 0.2) is 30.5 Å². The second-order valence-electron chi connectivity index (χ2n) is 4.15. The molecule has 2 N–H and O–H groups in total. The molecule has 0 saturated carbocycles. The van der Waals surface area contributed by atoms with Crippen LogP contribution < -0.4 is 10.6 Å². The van der Waals surface area contributed by atoms with E-state index in [2.05, 4.69) is 20.6 Å². The minimum Gasteiger partial charge on any atom is -0.373 e. The first-order chi connectivity index (χ1) is 9.62. The summed E-state index contributed by atoms with van der Waals surface area (Å²) in [5, 5.41) is 6.19. The van der Waals surface area contributed by atoms with Gasteiger partial charge in [0.15, 0.2) is 0 Å². The fourth-order valence-corrected chi connectivity index (χ4v) is 1.78. The van der Waals surface area contributed by atoms with Crippen molar-refractivity contribution in [3.8, 4) is 0 Å². The molecule has 0 fully saturated rings. The number of carbonyl (C=O) groups excluding carboxylic acids is 1. The number of hydrogen-bond acceptors (Lipinski definition) is 4. The SMILES string of the molecule is CCc1cc(C(=O)Nc2ccc(Cl)cn2)cc(NC)n1. The highest BCUT2D eigenvalue weighted by Crippen LogP contribution is 2.14. The zero-order valence-electron chi connectivity index (χ0n) is 11.3. The summed E-state index contributed by atoms with van der Waals surface area (Å²) >= 11 is 5.75. The summed E-state index contributed by atoms with van der Waals surface area (Å²) in [5.74, 6) is 0.896. The molecule has 2 aromatic heterocycles. The van der Waals surface area contributed by atoms with E-state index in [-0.39, 0.29) is 5.91 Å². The van der Waals surface area contributed by atoms with Gasteiger partial charge in [0.25, 0.3) is 5.91 Å². The van der Waals surface area contributed by atoms with Crippen molar-refractivity contribution in [2.45, 2.75) is 13.3 Å². The van der Waals surface area contributed by atoms with E-state index in [1.807, 2.05) is 6.92 Å². The molecular formula is C14H15ClN4O. The van der Waals surface area contributed by atoms with Gasteiger partial charge in [0, 0.05) is 24.5 Å². The summed E-state index contributed by atoms with van der Waals surface area (Å²) in [6, 6.07) is 6.80. The van der Waals surface area contributed by atoms with Crippen LogP contribution in [0.5, 0.6) is 0 Å². The first-order valence-electron chi connectivity index (χ1n) is 6.24. The van der Waals surface area contributed by atoms with Gasteiger partial charge in [-0.1, -0.05) is 18.5 Å². The lowest BCUT2D eigenvalue weighted by atomic mass is 10.2. The maximum atomic E-state index is 12.2.